The number of esters is 1. The Morgan fingerprint density at radius 2 is 1.85 bits per heavy atom. The zero-order valence-corrected chi connectivity index (χ0v) is 11.6. The average Bonchev–Trinajstić information content (AvgIpc) is 2.25. The minimum Gasteiger partial charge on any atom is -0.459 e. The maximum Gasteiger partial charge on any atom is 0.471 e. The van der Waals surface area contributed by atoms with E-state index in [1.165, 1.54) is 0 Å². The van der Waals surface area contributed by atoms with E-state index in [9.17, 15) is 22.8 Å². The molecule has 1 fully saturated rings. The van der Waals surface area contributed by atoms with Crippen molar-refractivity contribution < 1.29 is 27.5 Å². The summed E-state index contributed by atoms with van der Waals surface area (Å²) < 4.78 is 41.9. The highest BCUT2D eigenvalue weighted by molar-refractivity contribution is 5.84. The van der Waals surface area contributed by atoms with Gasteiger partial charge in [0.15, 0.2) is 0 Å². The van der Waals surface area contributed by atoms with Crippen molar-refractivity contribution in [2.45, 2.75) is 57.5 Å². The molecule has 1 aliphatic rings. The number of hydrogen-bond donors (Lipinski definition) is 2. The number of carbonyl (C=O) groups excluding carboxylic acids is 2. The van der Waals surface area contributed by atoms with Crippen LogP contribution in [0.5, 0.6) is 0 Å². The minimum absolute atomic E-state index is 0.290. The molecule has 0 aromatic heterocycles. The fourth-order valence-corrected chi connectivity index (χ4v) is 1.91. The molecule has 0 spiro atoms. The van der Waals surface area contributed by atoms with Gasteiger partial charge in [0.05, 0.1) is 6.04 Å². The van der Waals surface area contributed by atoms with Gasteiger partial charge in [0.25, 0.3) is 0 Å². The summed E-state index contributed by atoms with van der Waals surface area (Å²) in [5.74, 6) is -2.70. The van der Waals surface area contributed by atoms with Crippen LogP contribution in [0.1, 0.15) is 33.6 Å². The van der Waals surface area contributed by atoms with E-state index in [1.807, 2.05) is 5.32 Å². The molecular weight excluding hydrogens is 277 g/mol. The third-order valence-electron chi connectivity index (χ3n) is 2.69. The first-order chi connectivity index (χ1) is 9.00. The smallest absolute Gasteiger partial charge is 0.459 e. The molecule has 2 atom stereocenters. The van der Waals surface area contributed by atoms with Crippen LogP contribution in [0.15, 0.2) is 0 Å². The molecule has 2 unspecified atom stereocenters. The second-order valence-electron chi connectivity index (χ2n) is 5.69. The van der Waals surface area contributed by atoms with Crippen molar-refractivity contribution >= 4 is 11.9 Å². The topological polar surface area (TPSA) is 67.4 Å². The van der Waals surface area contributed by atoms with Gasteiger partial charge in [-0.1, -0.05) is 0 Å². The number of amides is 1. The van der Waals surface area contributed by atoms with Crippen LogP contribution in [-0.2, 0) is 14.3 Å². The molecule has 1 rings (SSSR count). The lowest BCUT2D eigenvalue weighted by Gasteiger charge is -2.33. The summed E-state index contributed by atoms with van der Waals surface area (Å²) in [5, 5.41) is 4.64. The van der Waals surface area contributed by atoms with Gasteiger partial charge in [0.1, 0.15) is 11.6 Å². The van der Waals surface area contributed by atoms with Crippen molar-refractivity contribution in [3.8, 4) is 0 Å². The molecule has 8 heteroatoms. The van der Waals surface area contributed by atoms with Gasteiger partial charge >= 0.3 is 18.1 Å². The number of piperidine rings is 1. The van der Waals surface area contributed by atoms with Crippen molar-refractivity contribution in [1.82, 2.24) is 10.6 Å². The molecule has 20 heavy (non-hydrogen) atoms. The summed E-state index contributed by atoms with van der Waals surface area (Å²) in [5.41, 5.74) is -0.741. The predicted octanol–water partition coefficient (Wildman–Crippen LogP) is 1.13. The summed E-state index contributed by atoms with van der Waals surface area (Å²) >= 11 is 0. The summed E-state index contributed by atoms with van der Waals surface area (Å²) in [7, 11) is 0. The highest BCUT2D eigenvalue weighted by atomic mass is 19.4. The second kappa shape index (κ2) is 5.99. The Balaban J connectivity index is 2.72. The van der Waals surface area contributed by atoms with E-state index >= 15 is 0 Å². The fourth-order valence-electron chi connectivity index (χ4n) is 1.91. The first-order valence-corrected chi connectivity index (χ1v) is 6.34. The van der Waals surface area contributed by atoms with Gasteiger partial charge in [0.2, 0.25) is 0 Å². The molecule has 0 saturated carbocycles. The molecule has 0 radical (unpaired) electrons. The SMILES string of the molecule is CC(C)(C)OC(=O)C1NCCCC1NC(=O)C(F)(F)F. The summed E-state index contributed by atoms with van der Waals surface area (Å²) in [4.78, 5) is 22.9. The molecule has 0 aromatic carbocycles. The molecule has 0 aliphatic carbocycles. The maximum absolute atomic E-state index is 12.3. The maximum atomic E-state index is 12.3. The van der Waals surface area contributed by atoms with Crippen molar-refractivity contribution in [2.24, 2.45) is 0 Å². The van der Waals surface area contributed by atoms with E-state index in [2.05, 4.69) is 5.32 Å². The Hall–Kier alpha value is -1.31. The van der Waals surface area contributed by atoms with Gasteiger partial charge in [0, 0.05) is 0 Å². The van der Waals surface area contributed by atoms with Crippen LogP contribution in [0.3, 0.4) is 0 Å². The van der Waals surface area contributed by atoms with Crippen LogP contribution in [0.25, 0.3) is 0 Å². The van der Waals surface area contributed by atoms with Crippen LogP contribution in [0, 0.1) is 0 Å². The second-order valence-corrected chi connectivity index (χ2v) is 5.69. The number of carbonyl (C=O) groups is 2. The lowest BCUT2D eigenvalue weighted by Crippen LogP contribution is -2.59. The Labute approximate surface area is 115 Å². The molecule has 2 N–H and O–H groups in total. The Morgan fingerprint density at radius 3 is 2.35 bits per heavy atom. The molecule has 1 aliphatic heterocycles. The largest absolute Gasteiger partial charge is 0.471 e. The third kappa shape index (κ3) is 4.99. The Bertz CT molecular complexity index is 377. The van der Waals surface area contributed by atoms with Crippen molar-refractivity contribution in [3.05, 3.63) is 0 Å². The van der Waals surface area contributed by atoms with Gasteiger partial charge in [-0.15, -0.1) is 0 Å². The zero-order chi connectivity index (χ0) is 15.6. The molecule has 1 amide bonds. The number of hydrogen-bond acceptors (Lipinski definition) is 4. The minimum atomic E-state index is -4.96. The van der Waals surface area contributed by atoms with Gasteiger partial charge < -0.3 is 15.4 Å². The number of alkyl halides is 3. The first kappa shape index (κ1) is 16.7. The summed E-state index contributed by atoms with van der Waals surface area (Å²) in [6.07, 6.45) is -4.10. The Kier molecular flexibility index (Phi) is 5.01. The standard InChI is InChI=1S/C12H19F3N2O3/c1-11(2,3)20-9(18)8-7(5-4-6-16-8)17-10(19)12(13,14)15/h7-8,16H,4-6H2,1-3H3,(H,17,19). The molecule has 116 valence electrons. The normalized spacial score (nSPS) is 24.1. The van der Waals surface area contributed by atoms with Gasteiger partial charge in [-0.25, -0.2) is 0 Å². The van der Waals surface area contributed by atoms with Crippen LogP contribution in [0.4, 0.5) is 13.2 Å². The first-order valence-electron chi connectivity index (χ1n) is 6.34. The number of halogens is 3. The highest BCUT2D eigenvalue weighted by Gasteiger charge is 2.43. The van der Waals surface area contributed by atoms with Gasteiger partial charge in [-0.05, 0) is 40.2 Å². The summed E-state index contributed by atoms with van der Waals surface area (Å²) in [6.45, 7) is 5.48. The lowest BCUT2D eigenvalue weighted by molar-refractivity contribution is -0.175. The molecule has 0 bridgehead atoms. The van der Waals surface area contributed by atoms with Crippen molar-refractivity contribution in [1.29, 1.82) is 0 Å². The van der Waals surface area contributed by atoms with Crippen molar-refractivity contribution in [3.63, 3.8) is 0 Å². The average molecular weight is 296 g/mol. The van der Waals surface area contributed by atoms with Gasteiger partial charge in [-0.3, -0.25) is 9.59 Å². The zero-order valence-electron chi connectivity index (χ0n) is 11.6. The third-order valence-corrected chi connectivity index (χ3v) is 2.69. The van der Waals surface area contributed by atoms with Crippen LogP contribution in [-0.4, -0.2) is 42.3 Å². The van der Waals surface area contributed by atoms with E-state index in [0.29, 0.717) is 19.4 Å². The predicted molar refractivity (Wildman–Crippen MR) is 64.9 cm³/mol. The number of rotatable bonds is 2. The lowest BCUT2D eigenvalue weighted by atomic mass is 9.98. The van der Waals surface area contributed by atoms with Crippen molar-refractivity contribution in [2.75, 3.05) is 6.54 Å². The van der Waals surface area contributed by atoms with E-state index in [-0.39, 0.29) is 0 Å². The van der Waals surface area contributed by atoms with Crippen LogP contribution >= 0.6 is 0 Å². The molecule has 1 heterocycles. The van der Waals surface area contributed by atoms with E-state index in [4.69, 9.17) is 4.74 Å². The Morgan fingerprint density at radius 1 is 1.25 bits per heavy atom. The quantitative estimate of drug-likeness (QED) is 0.750. The fraction of sp³-hybridized carbons (Fsp3) is 0.833. The molecule has 5 nitrogen and oxygen atoms in total. The highest BCUT2D eigenvalue weighted by Crippen LogP contribution is 2.18. The molecule has 1 saturated heterocycles. The van der Waals surface area contributed by atoms with E-state index < -0.39 is 35.7 Å². The molecule has 0 aromatic rings. The number of ether oxygens (including phenoxy) is 1. The monoisotopic (exact) mass is 296 g/mol. The van der Waals surface area contributed by atoms with Crippen LogP contribution < -0.4 is 10.6 Å². The van der Waals surface area contributed by atoms with Crippen LogP contribution in [0.2, 0.25) is 0 Å². The van der Waals surface area contributed by atoms with E-state index in [0.717, 1.165) is 0 Å². The van der Waals surface area contributed by atoms with E-state index in [1.54, 1.807) is 20.8 Å². The summed E-state index contributed by atoms with van der Waals surface area (Å²) in [6, 6.07) is -1.89. The number of nitrogens with one attached hydrogen (secondary N) is 2. The van der Waals surface area contributed by atoms with Gasteiger partial charge in [-0.2, -0.15) is 13.2 Å². The molecular formula is C12H19F3N2O3.